The van der Waals surface area contributed by atoms with Gasteiger partial charge in [0.05, 0.1) is 4.90 Å². The van der Waals surface area contributed by atoms with Gasteiger partial charge in [0.2, 0.25) is 15.9 Å². The number of rotatable bonds is 7. The Hall–Kier alpha value is -2.74. The maximum Gasteiger partial charge on any atom is 0.243 e. The number of nitrogens with one attached hydrogen (secondary N) is 2. The minimum Gasteiger partial charge on any atom is -0.350 e. The highest BCUT2D eigenvalue weighted by atomic mass is 35.5. The number of halogens is 2. The number of amides is 1. The molecule has 0 saturated carbocycles. The molecule has 3 aromatic carbocycles. The number of hydrogen-bond donors (Lipinski definition) is 2. The van der Waals surface area contributed by atoms with Gasteiger partial charge in [0.1, 0.15) is 11.9 Å². The molecule has 1 amide bonds. The molecule has 0 saturated heterocycles. The molecule has 0 aliphatic carbocycles. The molecular formula is C21H18ClFN2O3S. The molecule has 0 fully saturated rings. The number of carbonyl (C=O) groups excluding carboxylic acids is 1. The van der Waals surface area contributed by atoms with Crippen molar-refractivity contribution >= 4 is 27.5 Å². The monoisotopic (exact) mass is 432 g/mol. The van der Waals surface area contributed by atoms with Gasteiger partial charge in [-0.1, -0.05) is 54.1 Å². The van der Waals surface area contributed by atoms with Crippen LogP contribution in [0.5, 0.6) is 0 Å². The van der Waals surface area contributed by atoms with E-state index in [2.05, 4.69) is 10.0 Å². The Kier molecular flexibility index (Phi) is 6.64. The van der Waals surface area contributed by atoms with Crippen molar-refractivity contribution in [2.75, 3.05) is 0 Å². The van der Waals surface area contributed by atoms with Gasteiger partial charge < -0.3 is 5.32 Å². The second-order valence-corrected chi connectivity index (χ2v) is 8.41. The van der Waals surface area contributed by atoms with E-state index >= 15 is 0 Å². The van der Waals surface area contributed by atoms with Gasteiger partial charge in [0.25, 0.3) is 0 Å². The van der Waals surface area contributed by atoms with E-state index in [9.17, 15) is 17.6 Å². The minimum absolute atomic E-state index is 0.134. The average molecular weight is 433 g/mol. The molecule has 150 valence electrons. The second kappa shape index (κ2) is 9.17. The molecule has 0 aliphatic rings. The van der Waals surface area contributed by atoms with E-state index < -0.39 is 27.8 Å². The standard InChI is InChI=1S/C21H18ClFN2O3S/c22-17-8-6-15(7-9-17)14-24-21(26)20(16-4-2-1-3-5-16)25-29(27,28)19-12-10-18(23)11-13-19/h1-13,20,25H,14H2,(H,24,26)/t20-/m1/s1. The van der Waals surface area contributed by atoms with Crippen molar-refractivity contribution < 1.29 is 17.6 Å². The highest BCUT2D eigenvalue weighted by Gasteiger charge is 2.27. The Bertz CT molecular complexity index is 1070. The lowest BCUT2D eigenvalue weighted by Crippen LogP contribution is -2.40. The molecule has 1 atom stereocenters. The first-order valence-corrected chi connectivity index (χ1v) is 10.6. The van der Waals surface area contributed by atoms with Gasteiger partial charge in [-0.15, -0.1) is 0 Å². The maximum atomic E-state index is 13.1. The first-order chi connectivity index (χ1) is 13.8. The summed E-state index contributed by atoms with van der Waals surface area (Å²) in [4.78, 5) is 12.7. The molecule has 0 unspecified atom stereocenters. The second-order valence-electron chi connectivity index (χ2n) is 6.26. The van der Waals surface area contributed by atoms with E-state index in [4.69, 9.17) is 11.6 Å². The van der Waals surface area contributed by atoms with E-state index in [1.807, 2.05) is 0 Å². The Balaban J connectivity index is 1.81. The van der Waals surface area contributed by atoms with E-state index in [0.717, 1.165) is 29.8 Å². The van der Waals surface area contributed by atoms with Crippen molar-refractivity contribution in [2.45, 2.75) is 17.5 Å². The van der Waals surface area contributed by atoms with Gasteiger partial charge in [-0.05, 0) is 47.5 Å². The van der Waals surface area contributed by atoms with Crippen molar-refractivity contribution in [3.8, 4) is 0 Å². The molecule has 8 heteroatoms. The molecule has 5 nitrogen and oxygen atoms in total. The summed E-state index contributed by atoms with van der Waals surface area (Å²) in [5.41, 5.74) is 1.29. The van der Waals surface area contributed by atoms with E-state index in [-0.39, 0.29) is 11.4 Å². The van der Waals surface area contributed by atoms with Crippen molar-refractivity contribution in [3.63, 3.8) is 0 Å². The van der Waals surface area contributed by atoms with Crippen molar-refractivity contribution in [1.29, 1.82) is 0 Å². The lowest BCUT2D eigenvalue weighted by molar-refractivity contribution is -0.123. The zero-order valence-corrected chi connectivity index (χ0v) is 16.8. The Morgan fingerprint density at radius 3 is 2.17 bits per heavy atom. The predicted molar refractivity (Wildman–Crippen MR) is 109 cm³/mol. The van der Waals surface area contributed by atoms with Crippen LogP contribution in [0, 0.1) is 5.82 Å². The highest BCUT2D eigenvalue weighted by molar-refractivity contribution is 7.89. The van der Waals surface area contributed by atoms with Crippen LogP contribution in [0.3, 0.4) is 0 Å². The summed E-state index contributed by atoms with van der Waals surface area (Å²) in [6.45, 7) is 0.206. The summed E-state index contributed by atoms with van der Waals surface area (Å²) in [6, 6.07) is 18.7. The molecule has 29 heavy (non-hydrogen) atoms. The van der Waals surface area contributed by atoms with Crippen molar-refractivity contribution in [1.82, 2.24) is 10.0 Å². The number of benzene rings is 3. The molecule has 3 rings (SSSR count). The summed E-state index contributed by atoms with van der Waals surface area (Å²) < 4.78 is 41.0. The molecule has 0 bridgehead atoms. The van der Waals surface area contributed by atoms with Crippen LogP contribution in [0.1, 0.15) is 17.2 Å². The van der Waals surface area contributed by atoms with Gasteiger partial charge in [-0.25, -0.2) is 12.8 Å². The summed E-state index contributed by atoms with van der Waals surface area (Å²) >= 11 is 5.86. The van der Waals surface area contributed by atoms with Crippen molar-refractivity contribution in [2.24, 2.45) is 0 Å². The molecule has 3 aromatic rings. The highest BCUT2D eigenvalue weighted by Crippen LogP contribution is 2.18. The zero-order valence-electron chi connectivity index (χ0n) is 15.2. The predicted octanol–water partition coefficient (Wildman–Crippen LogP) is 3.82. The van der Waals surface area contributed by atoms with Crippen LogP contribution in [-0.2, 0) is 21.4 Å². The molecule has 0 aliphatic heterocycles. The molecular weight excluding hydrogens is 415 g/mol. The summed E-state index contributed by atoms with van der Waals surface area (Å²) in [7, 11) is -4.05. The van der Waals surface area contributed by atoms with Crippen LogP contribution in [0.2, 0.25) is 5.02 Å². The normalized spacial score (nSPS) is 12.3. The number of hydrogen-bond acceptors (Lipinski definition) is 3. The quantitative estimate of drug-likeness (QED) is 0.596. The molecule has 0 spiro atoms. The smallest absolute Gasteiger partial charge is 0.243 e. The van der Waals surface area contributed by atoms with Crippen LogP contribution >= 0.6 is 11.6 Å². The molecule has 0 radical (unpaired) electrons. The third-order valence-corrected chi connectivity index (χ3v) is 5.86. The van der Waals surface area contributed by atoms with Crippen LogP contribution in [-0.4, -0.2) is 14.3 Å². The van der Waals surface area contributed by atoms with E-state index in [1.54, 1.807) is 54.6 Å². The average Bonchev–Trinajstić information content (AvgIpc) is 2.72. The fourth-order valence-corrected chi connectivity index (χ4v) is 3.96. The maximum absolute atomic E-state index is 13.1. The van der Waals surface area contributed by atoms with Crippen LogP contribution < -0.4 is 10.0 Å². The Labute approximate surface area is 173 Å². The van der Waals surface area contributed by atoms with E-state index in [0.29, 0.717) is 10.6 Å². The molecule has 0 aromatic heterocycles. The van der Waals surface area contributed by atoms with Gasteiger partial charge in [-0.3, -0.25) is 4.79 Å². The van der Waals surface area contributed by atoms with Gasteiger partial charge in [0, 0.05) is 11.6 Å². The summed E-state index contributed by atoms with van der Waals surface area (Å²) in [5.74, 6) is -1.07. The Morgan fingerprint density at radius 1 is 0.931 bits per heavy atom. The fourth-order valence-electron chi connectivity index (χ4n) is 2.65. The number of sulfonamides is 1. The van der Waals surface area contributed by atoms with Gasteiger partial charge in [0.15, 0.2) is 0 Å². The van der Waals surface area contributed by atoms with Gasteiger partial charge in [-0.2, -0.15) is 4.72 Å². The topological polar surface area (TPSA) is 75.3 Å². The molecule has 2 N–H and O–H groups in total. The SMILES string of the molecule is O=C(NCc1ccc(Cl)cc1)[C@H](NS(=O)(=O)c1ccc(F)cc1)c1ccccc1. The molecule has 0 heterocycles. The first kappa shape index (κ1) is 21.0. The van der Waals surface area contributed by atoms with Crippen LogP contribution in [0.4, 0.5) is 4.39 Å². The van der Waals surface area contributed by atoms with Gasteiger partial charge >= 0.3 is 0 Å². The largest absolute Gasteiger partial charge is 0.350 e. The van der Waals surface area contributed by atoms with Crippen LogP contribution in [0.25, 0.3) is 0 Å². The zero-order chi connectivity index (χ0) is 20.9. The minimum atomic E-state index is -4.05. The third kappa shape index (κ3) is 5.63. The summed E-state index contributed by atoms with van der Waals surface area (Å²) in [6.07, 6.45) is 0. The van der Waals surface area contributed by atoms with Crippen LogP contribution in [0.15, 0.2) is 83.8 Å². The van der Waals surface area contributed by atoms with Crippen molar-refractivity contribution in [3.05, 3.63) is 101 Å². The lowest BCUT2D eigenvalue weighted by Gasteiger charge is -2.19. The first-order valence-electron chi connectivity index (χ1n) is 8.70. The summed E-state index contributed by atoms with van der Waals surface area (Å²) in [5, 5.41) is 3.31. The fraction of sp³-hybridized carbons (Fsp3) is 0.0952. The lowest BCUT2D eigenvalue weighted by atomic mass is 10.1. The van der Waals surface area contributed by atoms with E-state index in [1.165, 1.54) is 0 Å². The Morgan fingerprint density at radius 2 is 1.55 bits per heavy atom. The number of carbonyl (C=O) groups is 1. The third-order valence-electron chi connectivity index (χ3n) is 4.17.